The van der Waals surface area contributed by atoms with Gasteiger partial charge in [-0.15, -0.1) is 0 Å². The van der Waals surface area contributed by atoms with Crippen molar-refractivity contribution < 1.29 is 25.6 Å². The third-order valence-corrected chi connectivity index (χ3v) is 17.1. The van der Waals surface area contributed by atoms with E-state index in [4.69, 9.17) is 25.6 Å². The van der Waals surface area contributed by atoms with Crippen LogP contribution in [0.4, 0.5) is 0 Å². The van der Waals surface area contributed by atoms with Gasteiger partial charge in [0.05, 0.1) is 0 Å². The Hall–Kier alpha value is 0.411. The van der Waals surface area contributed by atoms with Gasteiger partial charge in [0.25, 0.3) is 0 Å². The standard InChI is InChI=1S/C18H42O6Si3/c1-7-13-16-25(19-10-4)22-26(20-11-5,17-14-8-2)24-27(23-25,21-12-6)18-15-9-3/h7-18H2,1-6H3. The smallest absolute Gasteiger partial charge is 0.375 e. The molecule has 6 nitrogen and oxygen atoms in total. The van der Waals surface area contributed by atoms with Gasteiger partial charge in [-0.1, -0.05) is 40.0 Å². The Kier molecular flexibility index (Phi) is 12.1. The van der Waals surface area contributed by atoms with E-state index in [1.807, 2.05) is 20.8 Å². The average molecular weight is 439 g/mol. The molecule has 0 N–H and O–H groups in total. The van der Waals surface area contributed by atoms with Gasteiger partial charge in [0.2, 0.25) is 0 Å². The topological polar surface area (TPSA) is 55.4 Å². The maximum atomic E-state index is 6.67. The van der Waals surface area contributed by atoms with E-state index in [1.54, 1.807) is 0 Å². The molecule has 0 saturated carbocycles. The Morgan fingerprint density at radius 2 is 0.741 bits per heavy atom. The second-order valence-electron chi connectivity index (χ2n) is 6.96. The van der Waals surface area contributed by atoms with Crippen molar-refractivity contribution in [1.82, 2.24) is 0 Å². The first kappa shape index (κ1) is 25.4. The summed E-state index contributed by atoms with van der Waals surface area (Å²) in [5.41, 5.74) is 0. The van der Waals surface area contributed by atoms with Gasteiger partial charge in [-0.05, 0) is 40.0 Å². The molecule has 27 heavy (non-hydrogen) atoms. The van der Waals surface area contributed by atoms with E-state index in [1.165, 1.54) is 0 Å². The summed E-state index contributed by atoms with van der Waals surface area (Å²) in [6.45, 7) is 14.3. The Morgan fingerprint density at radius 3 is 0.926 bits per heavy atom. The molecule has 0 unspecified atom stereocenters. The van der Waals surface area contributed by atoms with E-state index in [0.717, 1.165) is 56.7 Å². The monoisotopic (exact) mass is 438 g/mol. The summed E-state index contributed by atoms with van der Waals surface area (Å²) in [5, 5.41) is 0. The van der Waals surface area contributed by atoms with Crippen LogP contribution in [0.3, 0.4) is 0 Å². The molecule has 0 bridgehead atoms. The van der Waals surface area contributed by atoms with E-state index in [0.29, 0.717) is 19.8 Å². The Labute approximate surface area is 170 Å². The first-order chi connectivity index (χ1) is 13.0. The lowest BCUT2D eigenvalue weighted by atomic mass is 10.4. The molecule has 1 aliphatic heterocycles. The number of hydrogen-bond acceptors (Lipinski definition) is 6. The van der Waals surface area contributed by atoms with E-state index < -0.39 is 26.4 Å². The van der Waals surface area contributed by atoms with E-state index in [9.17, 15) is 0 Å². The highest BCUT2D eigenvalue weighted by atomic mass is 28.5. The van der Waals surface area contributed by atoms with Crippen LogP contribution in [0.5, 0.6) is 0 Å². The van der Waals surface area contributed by atoms with Crippen molar-refractivity contribution in [3.8, 4) is 0 Å². The molecule has 0 aromatic heterocycles. The van der Waals surface area contributed by atoms with Crippen LogP contribution in [0.15, 0.2) is 0 Å². The molecular formula is C18H42O6Si3. The molecule has 0 aromatic carbocycles. The van der Waals surface area contributed by atoms with Crippen LogP contribution in [0.2, 0.25) is 18.1 Å². The van der Waals surface area contributed by atoms with E-state index in [2.05, 4.69) is 20.8 Å². The van der Waals surface area contributed by atoms with Gasteiger partial charge in [0.1, 0.15) is 0 Å². The van der Waals surface area contributed by atoms with Gasteiger partial charge in [0, 0.05) is 38.0 Å². The van der Waals surface area contributed by atoms with Crippen molar-refractivity contribution in [1.29, 1.82) is 0 Å². The molecule has 0 amide bonds. The molecule has 0 atom stereocenters. The van der Waals surface area contributed by atoms with Crippen molar-refractivity contribution in [3.63, 3.8) is 0 Å². The number of hydrogen-bond donors (Lipinski definition) is 0. The van der Waals surface area contributed by atoms with Crippen molar-refractivity contribution in [2.75, 3.05) is 19.8 Å². The summed E-state index contributed by atoms with van der Waals surface area (Å²) < 4.78 is 38.8. The molecule has 0 spiro atoms. The third-order valence-electron chi connectivity index (χ3n) is 4.54. The number of unbranched alkanes of at least 4 members (excludes halogenated alkanes) is 3. The lowest BCUT2D eigenvalue weighted by Crippen LogP contribution is -2.73. The minimum absolute atomic E-state index is 0.574. The second kappa shape index (κ2) is 12.9. The van der Waals surface area contributed by atoms with Gasteiger partial charge >= 0.3 is 26.4 Å². The normalized spacial score (nSPS) is 31.3. The predicted molar refractivity (Wildman–Crippen MR) is 115 cm³/mol. The van der Waals surface area contributed by atoms with Crippen molar-refractivity contribution in [2.45, 2.75) is 98.2 Å². The van der Waals surface area contributed by atoms with Crippen molar-refractivity contribution in [2.24, 2.45) is 0 Å². The van der Waals surface area contributed by atoms with Crippen LogP contribution >= 0.6 is 0 Å². The first-order valence-electron chi connectivity index (χ1n) is 11.0. The zero-order valence-electron chi connectivity index (χ0n) is 18.4. The van der Waals surface area contributed by atoms with Crippen LogP contribution in [0, 0.1) is 0 Å². The SMILES string of the molecule is CCCC[Si]1(OCC)O[Si](CCCC)(OCC)O[Si](CCCC)(OCC)O1. The molecule has 1 aliphatic rings. The number of rotatable bonds is 15. The van der Waals surface area contributed by atoms with Gasteiger partial charge in [-0.3, -0.25) is 0 Å². The highest BCUT2D eigenvalue weighted by Gasteiger charge is 2.66. The van der Waals surface area contributed by atoms with Crippen LogP contribution in [0.1, 0.15) is 80.1 Å². The summed E-state index contributed by atoms with van der Waals surface area (Å²) in [5.74, 6) is 0. The fraction of sp³-hybridized carbons (Fsp3) is 1.00. The van der Waals surface area contributed by atoms with Crippen LogP contribution in [0.25, 0.3) is 0 Å². The van der Waals surface area contributed by atoms with Crippen molar-refractivity contribution >= 4 is 26.4 Å². The zero-order chi connectivity index (χ0) is 20.2. The quantitative estimate of drug-likeness (QED) is 0.320. The molecular weight excluding hydrogens is 396 g/mol. The molecule has 9 heteroatoms. The summed E-state index contributed by atoms with van der Waals surface area (Å²) >= 11 is 0. The highest BCUT2D eigenvalue weighted by Crippen LogP contribution is 2.40. The molecule has 1 rings (SSSR count). The summed E-state index contributed by atoms with van der Waals surface area (Å²) in [7, 11) is -8.70. The second-order valence-corrected chi connectivity index (χ2v) is 15.9. The Bertz CT molecular complexity index is 336. The van der Waals surface area contributed by atoms with Crippen LogP contribution in [-0.4, -0.2) is 46.2 Å². The molecule has 162 valence electrons. The lowest BCUT2D eigenvalue weighted by molar-refractivity contribution is 0.0159. The maximum Gasteiger partial charge on any atom is 0.486 e. The van der Waals surface area contributed by atoms with Gasteiger partial charge < -0.3 is 25.6 Å². The van der Waals surface area contributed by atoms with E-state index >= 15 is 0 Å². The molecule has 0 aliphatic carbocycles. The molecule has 1 fully saturated rings. The first-order valence-corrected chi connectivity index (χ1v) is 16.8. The van der Waals surface area contributed by atoms with Crippen LogP contribution < -0.4 is 0 Å². The minimum atomic E-state index is -2.90. The fourth-order valence-corrected chi connectivity index (χ4v) is 18.6. The van der Waals surface area contributed by atoms with Gasteiger partial charge in [-0.25, -0.2) is 0 Å². The predicted octanol–water partition coefficient (Wildman–Crippen LogP) is 5.38. The van der Waals surface area contributed by atoms with E-state index in [-0.39, 0.29) is 0 Å². The highest BCUT2D eigenvalue weighted by molar-refractivity contribution is 6.88. The maximum absolute atomic E-state index is 6.67. The Balaban J connectivity index is 3.31. The summed E-state index contributed by atoms with van der Waals surface area (Å²) in [4.78, 5) is 0. The minimum Gasteiger partial charge on any atom is -0.375 e. The third kappa shape index (κ3) is 7.63. The van der Waals surface area contributed by atoms with Crippen molar-refractivity contribution in [3.05, 3.63) is 0 Å². The zero-order valence-corrected chi connectivity index (χ0v) is 21.4. The molecule has 1 saturated heterocycles. The fourth-order valence-electron chi connectivity index (χ4n) is 3.31. The van der Waals surface area contributed by atoms with Gasteiger partial charge in [0.15, 0.2) is 0 Å². The van der Waals surface area contributed by atoms with Gasteiger partial charge in [-0.2, -0.15) is 0 Å². The Morgan fingerprint density at radius 1 is 0.481 bits per heavy atom. The average Bonchev–Trinajstić information content (AvgIpc) is 2.64. The lowest BCUT2D eigenvalue weighted by Gasteiger charge is -2.50. The molecule has 1 heterocycles. The largest absolute Gasteiger partial charge is 0.486 e. The summed E-state index contributed by atoms with van der Waals surface area (Å²) in [6, 6.07) is 2.42. The van der Waals surface area contributed by atoms with Crippen LogP contribution in [-0.2, 0) is 25.6 Å². The summed E-state index contributed by atoms with van der Waals surface area (Å²) in [6.07, 6.45) is 6.27. The molecule has 0 aromatic rings. The molecule has 0 radical (unpaired) electrons.